The van der Waals surface area contributed by atoms with Gasteiger partial charge in [0.05, 0.1) is 5.52 Å². The van der Waals surface area contributed by atoms with E-state index in [0.29, 0.717) is 5.82 Å². The zero-order chi connectivity index (χ0) is 14.5. The SMILES string of the molecule is NNc1cc(NCCc2cccc3cccnc23)ccn1. The monoisotopic (exact) mass is 279 g/mol. The summed E-state index contributed by atoms with van der Waals surface area (Å²) >= 11 is 0. The summed E-state index contributed by atoms with van der Waals surface area (Å²) < 4.78 is 0. The van der Waals surface area contributed by atoms with Gasteiger partial charge in [-0.15, -0.1) is 0 Å². The van der Waals surface area contributed by atoms with Gasteiger partial charge in [0.25, 0.3) is 0 Å². The maximum absolute atomic E-state index is 5.35. The molecule has 5 nitrogen and oxygen atoms in total. The first-order valence-electron chi connectivity index (χ1n) is 6.86. The number of pyridine rings is 2. The molecule has 0 bridgehead atoms. The molecule has 0 atom stereocenters. The molecule has 0 amide bonds. The smallest absolute Gasteiger partial charge is 0.141 e. The highest BCUT2D eigenvalue weighted by atomic mass is 15.2. The highest BCUT2D eigenvalue weighted by Gasteiger charge is 2.02. The minimum Gasteiger partial charge on any atom is -0.385 e. The molecular weight excluding hydrogens is 262 g/mol. The number of benzene rings is 1. The summed E-state index contributed by atoms with van der Waals surface area (Å²) in [7, 11) is 0. The molecule has 4 N–H and O–H groups in total. The van der Waals surface area contributed by atoms with Crippen LogP contribution < -0.4 is 16.6 Å². The second-order valence-corrected chi connectivity index (χ2v) is 4.74. The predicted molar refractivity (Wildman–Crippen MR) is 86.0 cm³/mol. The molecule has 2 aromatic heterocycles. The van der Waals surface area contributed by atoms with Crippen molar-refractivity contribution in [2.24, 2.45) is 5.84 Å². The minimum atomic E-state index is 0.645. The van der Waals surface area contributed by atoms with Crippen molar-refractivity contribution in [3.8, 4) is 0 Å². The maximum Gasteiger partial charge on any atom is 0.141 e. The number of fused-ring (bicyclic) bond motifs is 1. The third kappa shape index (κ3) is 3.09. The van der Waals surface area contributed by atoms with Crippen LogP contribution in [0, 0.1) is 0 Å². The van der Waals surface area contributed by atoms with Crippen LogP contribution >= 0.6 is 0 Å². The number of anilines is 2. The standard InChI is InChI=1S/C16H17N5/c17-21-15-11-14(7-10-19-15)18-9-6-13-4-1-3-12-5-2-8-20-16(12)13/h1-5,7-8,10-11H,6,9,17H2,(H2,18,19,21). The molecule has 0 saturated carbocycles. The van der Waals surface area contributed by atoms with Gasteiger partial charge in [-0.25, -0.2) is 10.8 Å². The predicted octanol–water partition coefficient (Wildman–Crippen LogP) is 2.57. The Hall–Kier alpha value is -2.66. The van der Waals surface area contributed by atoms with Crippen LogP contribution in [0.4, 0.5) is 11.5 Å². The van der Waals surface area contributed by atoms with Gasteiger partial charge in [0.15, 0.2) is 0 Å². The Bertz CT molecular complexity index is 736. The van der Waals surface area contributed by atoms with Crippen molar-refractivity contribution in [1.82, 2.24) is 9.97 Å². The quantitative estimate of drug-likeness (QED) is 0.494. The molecule has 106 valence electrons. The van der Waals surface area contributed by atoms with Crippen LogP contribution in [0.25, 0.3) is 10.9 Å². The van der Waals surface area contributed by atoms with E-state index in [9.17, 15) is 0 Å². The number of para-hydroxylation sites is 1. The van der Waals surface area contributed by atoms with Gasteiger partial charge in [-0.05, 0) is 24.1 Å². The van der Waals surface area contributed by atoms with Crippen LogP contribution in [0.2, 0.25) is 0 Å². The van der Waals surface area contributed by atoms with E-state index in [1.807, 2.05) is 24.4 Å². The first-order chi connectivity index (χ1) is 10.4. The lowest BCUT2D eigenvalue weighted by Gasteiger charge is -2.09. The molecular formula is C16H17N5. The highest BCUT2D eigenvalue weighted by Crippen LogP contribution is 2.17. The lowest BCUT2D eigenvalue weighted by Crippen LogP contribution is -2.10. The molecule has 3 rings (SSSR count). The Labute approximate surface area is 123 Å². The largest absolute Gasteiger partial charge is 0.385 e. The average molecular weight is 279 g/mol. The van der Waals surface area contributed by atoms with Gasteiger partial charge in [-0.3, -0.25) is 4.98 Å². The van der Waals surface area contributed by atoms with Crippen LogP contribution in [-0.2, 0) is 6.42 Å². The number of nitrogen functional groups attached to an aromatic ring is 1. The van der Waals surface area contributed by atoms with Crippen molar-refractivity contribution in [2.75, 3.05) is 17.3 Å². The summed E-state index contributed by atoms with van der Waals surface area (Å²) in [5.41, 5.74) is 5.84. The van der Waals surface area contributed by atoms with Crippen LogP contribution in [-0.4, -0.2) is 16.5 Å². The van der Waals surface area contributed by atoms with E-state index in [1.54, 1.807) is 6.20 Å². The fourth-order valence-corrected chi connectivity index (χ4v) is 2.33. The van der Waals surface area contributed by atoms with E-state index in [-0.39, 0.29) is 0 Å². The van der Waals surface area contributed by atoms with Gasteiger partial charge in [-0.1, -0.05) is 24.3 Å². The molecule has 0 radical (unpaired) electrons. The van der Waals surface area contributed by atoms with Gasteiger partial charge in [0, 0.05) is 36.1 Å². The zero-order valence-corrected chi connectivity index (χ0v) is 11.6. The second kappa shape index (κ2) is 6.19. The Morgan fingerprint density at radius 1 is 1.00 bits per heavy atom. The summed E-state index contributed by atoms with van der Waals surface area (Å²) in [6, 6.07) is 14.1. The third-order valence-corrected chi connectivity index (χ3v) is 3.35. The number of hydrogen-bond donors (Lipinski definition) is 3. The van der Waals surface area contributed by atoms with E-state index in [2.05, 4.69) is 45.0 Å². The highest BCUT2D eigenvalue weighted by molar-refractivity contribution is 5.81. The number of rotatable bonds is 5. The Morgan fingerprint density at radius 3 is 2.81 bits per heavy atom. The van der Waals surface area contributed by atoms with Crippen LogP contribution in [0.15, 0.2) is 54.9 Å². The summed E-state index contributed by atoms with van der Waals surface area (Å²) in [4.78, 5) is 8.55. The average Bonchev–Trinajstić information content (AvgIpc) is 2.55. The van der Waals surface area contributed by atoms with Crippen molar-refractivity contribution < 1.29 is 0 Å². The Balaban J connectivity index is 1.69. The van der Waals surface area contributed by atoms with Crippen molar-refractivity contribution in [1.29, 1.82) is 0 Å². The Kier molecular flexibility index (Phi) is 3.93. The van der Waals surface area contributed by atoms with E-state index in [0.717, 1.165) is 24.2 Å². The van der Waals surface area contributed by atoms with Crippen molar-refractivity contribution >= 4 is 22.4 Å². The lowest BCUT2D eigenvalue weighted by atomic mass is 10.1. The normalized spacial score (nSPS) is 10.5. The van der Waals surface area contributed by atoms with Crippen LogP contribution in [0.3, 0.4) is 0 Å². The van der Waals surface area contributed by atoms with E-state index < -0.39 is 0 Å². The first kappa shape index (κ1) is 13.3. The third-order valence-electron chi connectivity index (χ3n) is 3.35. The van der Waals surface area contributed by atoms with Gasteiger partial charge < -0.3 is 10.7 Å². The lowest BCUT2D eigenvalue weighted by molar-refractivity contribution is 1.02. The summed E-state index contributed by atoms with van der Waals surface area (Å²) in [5.74, 6) is 6.00. The molecule has 0 spiro atoms. The van der Waals surface area contributed by atoms with Gasteiger partial charge in [-0.2, -0.15) is 0 Å². The fraction of sp³-hybridized carbons (Fsp3) is 0.125. The fourth-order valence-electron chi connectivity index (χ4n) is 2.33. The topological polar surface area (TPSA) is 75.9 Å². The van der Waals surface area contributed by atoms with Gasteiger partial charge in [0.2, 0.25) is 0 Å². The molecule has 2 heterocycles. The molecule has 0 aliphatic carbocycles. The number of hydrazine groups is 1. The van der Waals surface area contributed by atoms with Crippen LogP contribution in [0.1, 0.15) is 5.56 Å². The maximum atomic E-state index is 5.35. The first-order valence-corrected chi connectivity index (χ1v) is 6.86. The summed E-state index contributed by atoms with van der Waals surface area (Å²) in [5, 5.41) is 4.54. The number of nitrogens with two attached hydrogens (primary N) is 1. The number of nitrogens with one attached hydrogen (secondary N) is 2. The van der Waals surface area contributed by atoms with Crippen molar-refractivity contribution in [3.63, 3.8) is 0 Å². The molecule has 21 heavy (non-hydrogen) atoms. The molecule has 1 aromatic carbocycles. The molecule has 0 aliphatic heterocycles. The summed E-state index contributed by atoms with van der Waals surface area (Å²) in [6.07, 6.45) is 4.46. The van der Waals surface area contributed by atoms with Crippen LogP contribution in [0.5, 0.6) is 0 Å². The van der Waals surface area contributed by atoms with E-state index in [1.165, 1.54) is 10.9 Å². The van der Waals surface area contributed by atoms with Crippen molar-refractivity contribution in [3.05, 3.63) is 60.4 Å². The van der Waals surface area contributed by atoms with Gasteiger partial charge >= 0.3 is 0 Å². The second-order valence-electron chi connectivity index (χ2n) is 4.74. The molecule has 0 aliphatic rings. The molecule has 3 aromatic rings. The molecule has 0 saturated heterocycles. The van der Waals surface area contributed by atoms with E-state index >= 15 is 0 Å². The minimum absolute atomic E-state index is 0.645. The number of hydrogen-bond acceptors (Lipinski definition) is 5. The van der Waals surface area contributed by atoms with E-state index in [4.69, 9.17) is 5.84 Å². The van der Waals surface area contributed by atoms with Gasteiger partial charge in [0.1, 0.15) is 5.82 Å². The molecule has 5 heteroatoms. The Morgan fingerprint density at radius 2 is 1.90 bits per heavy atom. The summed E-state index contributed by atoms with van der Waals surface area (Å²) in [6.45, 7) is 0.823. The number of aromatic nitrogens is 2. The molecule has 0 unspecified atom stereocenters. The number of nitrogens with zero attached hydrogens (tertiary/aromatic N) is 2. The molecule has 0 fully saturated rings. The zero-order valence-electron chi connectivity index (χ0n) is 11.6. The van der Waals surface area contributed by atoms with Crippen molar-refractivity contribution in [2.45, 2.75) is 6.42 Å².